The van der Waals surface area contributed by atoms with Crippen LogP contribution in [0.5, 0.6) is 0 Å². The second-order valence-corrected chi connectivity index (χ2v) is 2.09. The molecule has 1 amide bonds. The molecule has 0 unspecified atom stereocenters. The van der Waals surface area contributed by atoms with Gasteiger partial charge in [-0.05, 0) is 17.7 Å². The van der Waals surface area contributed by atoms with Crippen LogP contribution in [0.3, 0.4) is 0 Å². The lowest BCUT2D eigenvalue weighted by atomic mass is 10.2. The van der Waals surface area contributed by atoms with Crippen LogP contribution in [-0.4, -0.2) is 6.41 Å². The second kappa shape index (κ2) is 3.71. The van der Waals surface area contributed by atoms with Crippen LogP contribution in [-0.2, 0) is 11.3 Å². The van der Waals surface area contributed by atoms with Gasteiger partial charge in [-0.3, -0.25) is 4.79 Å². The van der Waals surface area contributed by atoms with Crippen LogP contribution in [0, 0.1) is 5.82 Å². The van der Waals surface area contributed by atoms with Crippen molar-refractivity contribution >= 4 is 6.41 Å². The van der Waals surface area contributed by atoms with Crippen LogP contribution in [0.25, 0.3) is 0 Å². The summed E-state index contributed by atoms with van der Waals surface area (Å²) in [7, 11) is 0. The van der Waals surface area contributed by atoms with E-state index in [9.17, 15) is 9.18 Å². The first-order valence-corrected chi connectivity index (χ1v) is 3.17. The number of benzene rings is 1. The van der Waals surface area contributed by atoms with E-state index in [1.54, 1.807) is 12.1 Å². The van der Waals surface area contributed by atoms with Crippen LogP contribution >= 0.6 is 0 Å². The largest absolute Gasteiger partial charge is 0.344 e. The van der Waals surface area contributed by atoms with Crippen molar-refractivity contribution in [2.24, 2.45) is 0 Å². The van der Waals surface area contributed by atoms with Gasteiger partial charge in [0.05, 0.1) is 0 Å². The number of hydrogen-bond acceptors (Lipinski definition) is 1. The Hall–Kier alpha value is -1.38. The molecular weight excluding hydrogens is 145 g/mol. The summed E-state index contributed by atoms with van der Waals surface area (Å²) in [6.45, 7) is 0.321. The Kier molecular flexibility index (Phi) is 2.60. The van der Waals surface area contributed by atoms with Crippen molar-refractivity contribution in [1.29, 1.82) is 0 Å². The van der Waals surface area contributed by atoms with E-state index in [1.807, 2.05) is 0 Å². The molecule has 11 heavy (non-hydrogen) atoms. The minimum Gasteiger partial charge on any atom is -0.344 e. The van der Waals surface area contributed by atoms with E-state index in [1.165, 1.54) is 18.5 Å². The van der Waals surface area contributed by atoms with Gasteiger partial charge in [0, 0.05) is 6.54 Å². The summed E-state index contributed by atoms with van der Waals surface area (Å²) >= 11 is 0. The lowest BCUT2D eigenvalue weighted by molar-refractivity contribution is 0.541. The van der Waals surface area contributed by atoms with Gasteiger partial charge >= 0.3 is 6.41 Å². The standard InChI is InChI=1S/C8H7FNO/c9-8-3-1-2-7(4-8)5-10-6-11/h1-4H,5H2,(H,10,11). The molecule has 1 aromatic carbocycles. The van der Waals surface area contributed by atoms with Crippen LogP contribution in [0.4, 0.5) is 4.39 Å². The molecule has 0 aliphatic carbocycles. The number of carbonyl (C=O) groups excluding carboxylic acids is 1. The van der Waals surface area contributed by atoms with Crippen molar-refractivity contribution in [3.05, 3.63) is 35.6 Å². The summed E-state index contributed by atoms with van der Waals surface area (Å²) in [6.07, 6.45) is 1.51. The lowest BCUT2D eigenvalue weighted by Crippen LogP contribution is -2.09. The van der Waals surface area contributed by atoms with Crippen LogP contribution in [0.2, 0.25) is 0 Å². The predicted molar refractivity (Wildman–Crippen MR) is 38.9 cm³/mol. The summed E-state index contributed by atoms with van der Waals surface area (Å²) in [5, 5.41) is 2.32. The fourth-order valence-corrected chi connectivity index (χ4v) is 0.785. The zero-order chi connectivity index (χ0) is 8.10. The molecule has 0 aliphatic heterocycles. The fourth-order valence-electron chi connectivity index (χ4n) is 0.785. The van der Waals surface area contributed by atoms with Gasteiger partial charge in [0.25, 0.3) is 0 Å². The number of rotatable bonds is 3. The third-order valence-corrected chi connectivity index (χ3v) is 1.25. The summed E-state index contributed by atoms with van der Waals surface area (Å²) in [4.78, 5) is 9.73. The van der Waals surface area contributed by atoms with Crippen molar-refractivity contribution in [2.75, 3.05) is 0 Å². The Labute approximate surface area is 64.0 Å². The first-order chi connectivity index (χ1) is 5.33. The third-order valence-electron chi connectivity index (χ3n) is 1.25. The summed E-state index contributed by atoms with van der Waals surface area (Å²) in [5.74, 6) is -0.296. The molecule has 0 aliphatic rings. The molecule has 1 rings (SSSR count). The monoisotopic (exact) mass is 152 g/mol. The third kappa shape index (κ3) is 2.37. The molecule has 0 saturated carbocycles. The average molecular weight is 152 g/mol. The SMILES string of the molecule is O=[C]NCc1cccc(F)c1. The lowest BCUT2D eigenvalue weighted by Gasteiger charge is -1.97. The summed E-state index contributed by atoms with van der Waals surface area (Å²) in [5.41, 5.74) is 0.730. The normalized spacial score (nSPS) is 9.18. The number of hydrogen-bond donors (Lipinski definition) is 1. The van der Waals surface area contributed by atoms with Crippen molar-refractivity contribution < 1.29 is 9.18 Å². The number of nitrogens with one attached hydrogen (secondary N) is 1. The maximum atomic E-state index is 12.5. The van der Waals surface area contributed by atoms with E-state index in [-0.39, 0.29) is 5.82 Å². The molecule has 57 valence electrons. The van der Waals surface area contributed by atoms with Crippen molar-refractivity contribution in [2.45, 2.75) is 6.54 Å². The van der Waals surface area contributed by atoms with Gasteiger partial charge in [-0.1, -0.05) is 12.1 Å². The summed E-state index contributed by atoms with van der Waals surface area (Å²) in [6, 6.07) is 6.04. The molecular formula is C8H7FNO. The molecule has 0 atom stereocenters. The second-order valence-electron chi connectivity index (χ2n) is 2.09. The zero-order valence-corrected chi connectivity index (χ0v) is 5.80. The van der Waals surface area contributed by atoms with E-state index in [0.29, 0.717) is 6.54 Å². The van der Waals surface area contributed by atoms with Gasteiger partial charge in [-0.25, -0.2) is 4.39 Å². The Morgan fingerprint density at radius 2 is 2.36 bits per heavy atom. The maximum absolute atomic E-state index is 12.5. The van der Waals surface area contributed by atoms with E-state index < -0.39 is 0 Å². The van der Waals surface area contributed by atoms with Gasteiger partial charge in [0.2, 0.25) is 0 Å². The molecule has 0 saturated heterocycles. The summed E-state index contributed by atoms with van der Waals surface area (Å²) < 4.78 is 12.5. The highest BCUT2D eigenvalue weighted by molar-refractivity contribution is 5.47. The molecule has 0 aromatic heterocycles. The molecule has 0 fully saturated rings. The van der Waals surface area contributed by atoms with Crippen LogP contribution < -0.4 is 5.32 Å². The molecule has 0 bridgehead atoms. The Bertz CT molecular complexity index is 250. The molecule has 1 aromatic rings. The van der Waals surface area contributed by atoms with Gasteiger partial charge in [0.15, 0.2) is 0 Å². The molecule has 0 spiro atoms. The Morgan fingerprint density at radius 3 is 3.00 bits per heavy atom. The van der Waals surface area contributed by atoms with Crippen molar-refractivity contribution in [3.63, 3.8) is 0 Å². The molecule has 0 heterocycles. The van der Waals surface area contributed by atoms with Crippen molar-refractivity contribution in [3.8, 4) is 0 Å². The smallest absolute Gasteiger partial charge is 0.309 e. The van der Waals surface area contributed by atoms with E-state index in [0.717, 1.165) is 5.56 Å². The highest BCUT2D eigenvalue weighted by Gasteiger charge is 1.92. The highest BCUT2D eigenvalue weighted by Crippen LogP contribution is 2.01. The Morgan fingerprint density at radius 1 is 1.55 bits per heavy atom. The zero-order valence-electron chi connectivity index (χ0n) is 5.80. The minimum atomic E-state index is -0.296. The van der Waals surface area contributed by atoms with Gasteiger partial charge in [-0.2, -0.15) is 0 Å². The van der Waals surface area contributed by atoms with Gasteiger partial charge < -0.3 is 5.32 Å². The predicted octanol–water partition coefficient (Wildman–Crippen LogP) is 0.983. The van der Waals surface area contributed by atoms with Gasteiger partial charge in [-0.15, -0.1) is 0 Å². The van der Waals surface area contributed by atoms with Gasteiger partial charge in [0.1, 0.15) is 5.82 Å². The Balaban J connectivity index is 2.63. The minimum absolute atomic E-state index is 0.296. The molecule has 1 N–H and O–H groups in total. The van der Waals surface area contributed by atoms with E-state index in [4.69, 9.17) is 0 Å². The van der Waals surface area contributed by atoms with Crippen LogP contribution in [0.1, 0.15) is 5.56 Å². The van der Waals surface area contributed by atoms with E-state index >= 15 is 0 Å². The molecule has 2 nitrogen and oxygen atoms in total. The molecule has 3 heteroatoms. The van der Waals surface area contributed by atoms with E-state index in [2.05, 4.69) is 5.32 Å². The fraction of sp³-hybridized carbons (Fsp3) is 0.125. The quantitative estimate of drug-likeness (QED) is 0.643. The first-order valence-electron chi connectivity index (χ1n) is 3.17. The number of halogens is 1. The van der Waals surface area contributed by atoms with Crippen molar-refractivity contribution in [1.82, 2.24) is 5.32 Å². The van der Waals surface area contributed by atoms with Crippen LogP contribution in [0.15, 0.2) is 24.3 Å². The molecule has 1 radical (unpaired) electrons. The first kappa shape index (κ1) is 7.72. The highest BCUT2D eigenvalue weighted by atomic mass is 19.1. The average Bonchev–Trinajstić information content (AvgIpc) is 2.01. The topological polar surface area (TPSA) is 29.1 Å². The maximum Gasteiger partial charge on any atom is 0.309 e. The number of amides is 1.